The first-order valence-electron chi connectivity index (χ1n) is 7.61. The highest BCUT2D eigenvalue weighted by atomic mass is 19.4. The van der Waals surface area contributed by atoms with Gasteiger partial charge in [-0.2, -0.15) is 23.5 Å². The van der Waals surface area contributed by atoms with Crippen LogP contribution < -0.4 is 5.56 Å². The lowest BCUT2D eigenvalue weighted by Gasteiger charge is -2.12. The Hall–Kier alpha value is -3.74. The fourth-order valence-corrected chi connectivity index (χ4v) is 2.88. The van der Waals surface area contributed by atoms with Gasteiger partial charge in [-0.3, -0.25) is 19.0 Å². The Morgan fingerprint density at radius 1 is 1.19 bits per heavy atom. The second kappa shape index (κ2) is 5.63. The number of rotatable bonds is 1. The maximum absolute atomic E-state index is 13.2. The summed E-state index contributed by atoms with van der Waals surface area (Å²) >= 11 is 0. The number of halogens is 3. The number of nitrogens with zero attached hydrogens (tertiary/aromatic N) is 6. The van der Waals surface area contributed by atoms with Crippen molar-refractivity contribution in [3.8, 4) is 11.8 Å². The summed E-state index contributed by atoms with van der Waals surface area (Å²) in [6.07, 6.45) is -0.572. The van der Waals surface area contributed by atoms with Gasteiger partial charge >= 0.3 is 6.18 Å². The maximum Gasteiger partial charge on any atom is 0.433 e. The monoisotopic (exact) mass is 370 g/mol. The molecule has 4 heterocycles. The van der Waals surface area contributed by atoms with Crippen LogP contribution in [0.5, 0.6) is 0 Å². The van der Waals surface area contributed by atoms with E-state index in [2.05, 4.69) is 15.1 Å². The number of aryl methyl sites for hydroxylation is 1. The third-order valence-electron chi connectivity index (χ3n) is 4.01. The molecule has 0 fully saturated rings. The number of fused-ring (bicyclic) bond motifs is 3. The van der Waals surface area contributed by atoms with E-state index in [0.717, 1.165) is 10.6 Å². The SMILES string of the molecule is Cn1cc2c(n1)c(=O)n(-c1cncc(C#N)c1)c1nc(C(F)(F)F)ccc21. The number of hydrogen-bond acceptors (Lipinski definition) is 5. The molecule has 134 valence electrons. The molecule has 4 rings (SSSR count). The summed E-state index contributed by atoms with van der Waals surface area (Å²) in [6, 6.07) is 5.35. The Morgan fingerprint density at radius 2 is 1.96 bits per heavy atom. The van der Waals surface area contributed by atoms with Gasteiger partial charge in [-0.25, -0.2) is 4.98 Å². The normalized spacial score (nSPS) is 11.8. The van der Waals surface area contributed by atoms with Crippen molar-refractivity contribution in [2.45, 2.75) is 6.18 Å². The molecule has 0 aliphatic heterocycles. The van der Waals surface area contributed by atoms with Gasteiger partial charge in [0.2, 0.25) is 0 Å². The van der Waals surface area contributed by atoms with Crippen LogP contribution in [0, 0.1) is 11.3 Å². The van der Waals surface area contributed by atoms with E-state index >= 15 is 0 Å². The van der Waals surface area contributed by atoms with Crippen LogP contribution in [0.3, 0.4) is 0 Å². The second-order valence-corrected chi connectivity index (χ2v) is 5.81. The molecular formula is C17H9F3N6O. The summed E-state index contributed by atoms with van der Waals surface area (Å²) in [6.45, 7) is 0. The Kier molecular flexibility index (Phi) is 3.49. The summed E-state index contributed by atoms with van der Waals surface area (Å²) < 4.78 is 41.9. The minimum atomic E-state index is -4.67. The average Bonchev–Trinajstić information content (AvgIpc) is 3.03. The smallest absolute Gasteiger partial charge is 0.274 e. The van der Waals surface area contributed by atoms with Crippen LogP contribution in [0.25, 0.3) is 27.6 Å². The molecular weight excluding hydrogens is 361 g/mol. The molecule has 27 heavy (non-hydrogen) atoms. The minimum absolute atomic E-state index is 0.0777. The molecule has 0 amide bonds. The number of nitriles is 1. The van der Waals surface area contributed by atoms with E-state index in [0.29, 0.717) is 10.8 Å². The highest BCUT2D eigenvalue weighted by molar-refractivity contribution is 6.03. The van der Waals surface area contributed by atoms with Gasteiger partial charge in [0.1, 0.15) is 17.4 Å². The average molecular weight is 370 g/mol. The molecule has 0 N–H and O–H groups in total. The number of aromatic nitrogens is 5. The van der Waals surface area contributed by atoms with E-state index in [1.807, 2.05) is 6.07 Å². The zero-order chi connectivity index (χ0) is 19.3. The fourth-order valence-electron chi connectivity index (χ4n) is 2.88. The predicted molar refractivity (Wildman–Crippen MR) is 89.1 cm³/mol. The molecule has 4 aromatic heterocycles. The van der Waals surface area contributed by atoms with Gasteiger partial charge in [0.25, 0.3) is 5.56 Å². The zero-order valence-electron chi connectivity index (χ0n) is 13.7. The summed E-state index contributed by atoms with van der Waals surface area (Å²) in [5.74, 6) is 0. The Labute approximate surface area is 148 Å². The minimum Gasteiger partial charge on any atom is -0.274 e. The van der Waals surface area contributed by atoms with Crippen LogP contribution in [-0.2, 0) is 13.2 Å². The van der Waals surface area contributed by atoms with Crippen LogP contribution in [0.1, 0.15) is 11.3 Å². The van der Waals surface area contributed by atoms with Gasteiger partial charge < -0.3 is 0 Å². The van der Waals surface area contributed by atoms with Crippen molar-refractivity contribution >= 4 is 21.9 Å². The standard InChI is InChI=1S/C17H9F3N6O/c1-25-8-12-11-2-3-13(17(18,19)20)23-15(11)26(16(27)14(12)24-25)10-4-9(5-21)6-22-7-10/h2-4,6-8H,1H3. The van der Waals surface area contributed by atoms with Crippen LogP contribution in [-0.4, -0.2) is 24.3 Å². The third kappa shape index (κ3) is 2.60. The number of pyridine rings is 3. The van der Waals surface area contributed by atoms with E-state index in [1.165, 1.54) is 29.2 Å². The first-order valence-corrected chi connectivity index (χ1v) is 7.61. The van der Waals surface area contributed by atoms with Crippen molar-refractivity contribution in [1.82, 2.24) is 24.3 Å². The molecule has 0 spiro atoms. The lowest BCUT2D eigenvalue weighted by Crippen LogP contribution is -2.21. The summed E-state index contributed by atoms with van der Waals surface area (Å²) in [4.78, 5) is 20.5. The molecule has 7 nitrogen and oxygen atoms in total. The van der Waals surface area contributed by atoms with Gasteiger partial charge in [0, 0.05) is 30.2 Å². The van der Waals surface area contributed by atoms with Crippen LogP contribution >= 0.6 is 0 Å². The molecule has 0 aromatic carbocycles. The van der Waals surface area contributed by atoms with E-state index in [-0.39, 0.29) is 22.4 Å². The number of hydrogen-bond donors (Lipinski definition) is 0. The van der Waals surface area contributed by atoms with E-state index in [9.17, 15) is 18.0 Å². The topological polar surface area (TPSA) is 89.4 Å². The largest absolute Gasteiger partial charge is 0.433 e. The van der Waals surface area contributed by atoms with Gasteiger partial charge in [-0.05, 0) is 18.2 Å². The molecule has 10 heteroatoms. The zero-order valence-corrected chi connectivity index (χ0v) is 13.7. The molecule has 4 aromatic rings. The lowest BCUT2D eigenvalue weighted by atomic mass is 10.1. The second-order valence-electron chi connectivity index (χ2n) is 5.81. The van der Waals surface area contributed by atoms with Crippen molar-refractivity contribution in [3.05, 3.63) is 58.4 Å². The van der Waals surface area contributed by atoms with Gasteiger partial charge in [-0.15, -0.1) is 0 Å². The summed E-state index contributed by atoms with van der Waals surface area (Å²) in [5, 5.41) is 13.9. The Balaban J connectivity index is 2.21. The molecule has 0 saturated carbocycles. The Bertz CT molecular complexity index is 1310. The first kappa shape index (κ1) is 16.7. The van der Waals surface area contributed by atoms with Crippen LogP contribution in [0.15, 0.2) is 41.6 Å². The van der Waals surface area contributed by atoms with Crippen LogP contribution in [0.4, 0.5) is 13.2 Å². The van der Waals surface area contributed by atoms with Crippen molar-refractivity contribution in [1.29, 1.82) is 5.26 Å². The van der Waals surface area contributed by atoms with Crippen molar-refractivity contribution in [2.75, 3.05) is 0 Å². The third-order valence-corrected chi connectivity index (χ3v) is 4.01. The van der Waals surface area contributed by atoms with Gasteiger partial charge in [0.05, 0.1) is 17.4 Å². The van der Waals surface area contributed by atoms with Crippen molar-refractivity contribution < 1.29 is 13.2 Å². The van der Waals surface area contributed by atoms with Crippen molar-refractivity contribution in [2.24, 2.45) is 7.05 Å². The maximum atomic E-state index is 13.2. The van der Waals surface area contributed by atoms with E-state index in [4.69, 9.17) is 5.26 Å². The quantitative estimate of drug-likeness (QED) is 0.514. The molecule has 0 unspecified atom stereocenters. The molecule has 0 aliphatic carbocycles. The van der Waals surface area contributed by atoms with Crippen molar-refractivity contribution in [3.63, 3.8) is 0 Å². The molecule has 0 radical (unpaired) electrons. The number of alkyl halides is 3. The highest BCUT2D eigenvalue weighted by Gasteiger charge is 2.33. The highest BCUT2D eigenvalue weighted by Crippen LogP contribution is 2.31. The predicted octanol–water partition coefficient (Wildman–Crippen LogP) is 2.56. The van der Waals surface area contributed by atoms with E-state index in [1.54, 1.807) is 13.2 Å². The Morgan fingerprint density at radius 3 is 2.67 bits per heavy atom. The first-order chi connectivity index (χ1) is 12.8. The van der Waals surface area contributed by atoms with Gasteiger partial charge in [-0.1, -0.05) is 0 Å². The molecule has 0 saturated heterocycles. The molecule has 0 atom stereocenters. The summed E-state index contributed by atoms with van der Waals surface area (Å²) in [5.41, 5.74) is -1.61. The fraction of sp³-hybridized carbons (Fsp3) is 0.118. The van der Waals surface area contributed by atoms with E-state index < -0.39 is 17.4 Å². The van der Waals surface area contributed by atoms with Crippen LogP contribution in [0.2, 0.25) is 0 Å². The van der Waals surface area contributed by atoms with Gasteiger partial charge in [0.15, 0.2) is 5.52 Å². The lowest BCUT2D eigenvalue weighted by molar-refractivity contribution is -0.141. The molecule has 0 bridgehead atoms. The molecule has 0 aliphatic rings. The summed E-state index contributed by atoms with van der Waals surface area (Å²) in [7, 11) is 1.60.